The van der Waals surface area contributed by atoms with Gasteiger partial charge in [0, 0.05) is 43.3 Å². The molecule has 3 amide bonds. The molecule has 1 saturated heterocycles. The van der Waals surface area contributed by atoms with E-state index in [0.29, 0.717) is 44.1 Å². The SMILES string of the molecule is CNC(=O)C(CC1CCN(C(=O)Cc2ccc3[nH]c(=O)cc(C)c3c2)CC1)NC(=O)c1ccc(C(F)(F)F)cn1. The lowest BCUT2D eigenvalue weighted by molar-refractivity contribution is -0.138. The van der Waals surface area contributed by atoms with Crippen LogP contribution in [0.3, 0.4) is 0 Å². The molecule has 2 aromatic heterocycles. The first kappa shape index (κ1) is 28.8. The van der Waals surface area contributed by atoms with Crippen molar-refractivity contribution in [3.63, 3.8) is 0 Å². The molecule has 1 atom stereocenters. The summed E-state index contributed by atoms with van der Waals surface area (Å²) in [6.45, 7) is 2.85. The summed E-state index contributed by atoms with van der Waals surface area (Å²) >= 11 is 0. The highest BCUT2D eigenvalue weighted by molar-refractivity contribution is 5.96. The molecule has 0 spiro atoms. The number of H-pyrrole nitrogens is 1. The number of hydrogen-bond acceptors (Lipinski definition) is 5. The number of aryl methyl sites for hydroxylation is 1. The molecule has 3 heterocycles. The van der Waals surface area contributed by atoms with Crippen molar-refractivity contribution < 1.29 is 27.6 Å². The second-order valence-corrected chi connectivity index (χ2v) is 10.0. The van der Waals surface area contributed by atoms with Gasteiger partial charge < -0.3 is 20.5 Å². The molecule has 9 nitrogen and oxygen atoms in total. The van der Waals surface area contributed by atoms with Crippen molar-refractivity contribution in [2.45, 2.75) is 44.8 Å². The van der Waals surface area contributed by atoms with Crippen LogP contribution in [0.2, 0.25) is 0 Å². The summed E-state index contributed by atoms with van der Waals surface area (Å²) in [6.07, 6.45) is -2.20. The number of rotatable bonds is 7. The van der Waals surface area contributed by atoms with Gasteiger partial charge in [0.2, 0.25) is 17.4 Å². The lowest BCUT2D eigenvalue weighted by atomic mass is 9.89. The Balaban J connectivity index is 1.33. The topological polar surface area (TPSA) is 124 Å². The molecule has 0 aliphatic carbocycles. The van der Waals surface area contributed by atoms with Crippen LogP contribution >= 0.6 is 0 Å². The average Bonchev–Trinajstić information content (AvgIpc) is 2.92. The molecule has 1 aliphatic heterocycles. The minimum Gasteiger partial charge on any atom is -0.357 e. The van der Waals surface area contributed by atoms with E-state index >= 15 is 0 Å². The number of nitrogens with one attached hydrogen (secondary N) is 3. The van der Waals surface area contributed by atoms with E-state index in [4.69, 9.17) is 0 Å². The number of benzene rings is 1. The molecule has 1 fully saturated rings. The molecule has 40 heavy (non-hydrogen) atoms. The Morgan fingerprint density at radius 2 is 1.85 bits per heavy atom. The Bertz CT molecular complexity index is 1460. The Morgan fingerprint density at radius 3 is 2.48 bits per heavy atom. The van der Waals surface area contributed by atoms with E-state index in [1.165, 1.54) is 13.1 Å². The fourth-order valence-corrected chi connectivity index (χ4v) is 4.95. The highest BCUT2D eigenvalue weighted by Crippen LogP contribution is 2.28. The van der Waals surface area contributed by atoms with Gasteiger partial charge in [-0.25, -0.2) is 0 Å². The first-order chi connectivity index (χ1) is 18.9. The smallest absolute Gasteiger partial charge is 0.357 e. The Kier molecular flexibility index (Phi) is 8.55. The number of carbonyl (C=O) groups is 3. The molecular formula is C28H30F3N5O4. The van der Waals surface area contributed by atoms with Gasteiger partial charge in [0.1, 0.15) is 11.7 Å². The van der Waals surface area contributed by atoms with Crippen LogP contribution in [-0.4, -0.2) is 58.8 Å². The van der Waals surface area contributed by atoms with Crippen molar-refractivity contribution in [2.24, 2.45) is 5.92 Å². The summed E-state index contributed by atoms with van der Waals surface area (Å²) in [5, 5.41) is 5.98. The predicted octanol–water partition coefficient (Wildman–Crippen LogP) is 2.97. The van der Waals surface area contributed by atoms with E-state index in [0.717, 1.165) is 28.6 Å². The van der Waals surface area contributed by atoms with Crippen molar-refractivity contribution in [3.05, 3.63) is 75.3 Å². The minimum atomic E-state index is -4.57. The molecular weight excluding hydrogens is 527 g/mol. The maximum Gasteiger partial charge on any atom is 0.417 e. The number of nitrogens with zero attached hydrogens (tertiary/aromatic N) is 2. The van der Waals surface area contributed by atoms with Gasteiger partial charge in [-0.3, -0.25) is 24.2 Å². The number of halogens is 3. The largest absolute Gasteiger partial charge is 0.417 e. The van der Waals surface area contributed by atoms with Gasteiger partial charge in [-0.1, -0.05) is 6.07 Å². The van der Waals surface area contributed by atoms with Crippen molar-refractivity contribution >= 4 is 28.6 Å². The maximum atomic E-state index is 13.0. The summed E-state index contributed by atoms with van der Waals surface area (Å²) in [5.74, 6) is -1.15. The fraction of sp³-hybridized carbons (Fsp3) is 0.393. The second-order valence-electron chi connectivity index (χ2n) is 10.0. The number of hydrogen-bond donors (Lipinski definition) is 3. The van der Waals surface area contributed by atoms with E-state index < -0.39 is 29.6 Å². The van der Waals surface area contributed by atoms with Crippen LogP contribution < -0.4 is 16.2 Å². The number of amides is 3. The highest BCUT2D eigenvalue weighted by Gasteiger charge is 2.32. The number of fused-ring (bicyclic) bond motifs is 1. The van der Waals surface area contributed by atoms with Crippen molar-refractivity contribution in [3.8, 4) is 0 Å². The predicted molar refractivity (Wildman–Crippen MR) is 141 cm³/mol. The second kappa shape index (κ2) is 11.9. The first-order valence-corrected chi connectivity index (χ1v) is 12.9. The monoisotopic (exact) mass is 557 g/mol. The first-order valence-electron chi connectivity index (χ1n) is 12.9. The standard InChI is InChI=1S/C28H30F3N5O4/c1-16-11-24(37)34-21-5-3-18(12-20(16)21)14-25(38)36-9-7-17(8-10-36)13-23(26(39)32-2)35-27(40)22-6-4-19(15-33-22)28(29,30)31/h3-6,11-12,15,17,23H,7-10,13-14H2,1-2H3,(H,32,39)(H,34,37)(H,35,40). The van der Waals surface area contributed by atoms with Gasteiger partial charge in [0.25, 0.3) is 5.91 Å². The van der Waals surface area contributed by atoms with Gasteiger partial charge in [0.05, 0.1) is 12.0 Å². The van der Waals surface area contributed by atoms with E-state index in [9.17, 15) is 32.3 Å². The van der Waals surface area contributed by atoms with Crippen LogP contribution in [0.15, 0.2) is 47.4 Å². The zero-order valence-electron chi connectivity index (χ0n) is 22.1. The normalized spacial score (nSPS) is 15.1. The van der Waals surface area contributed by atoms with Crippen LogP contribution in [0, 0.1) is 12.8 Å². The van der Waals surface area contributed by atoms with Crippen molar-refractivity contribution in [2.75, 3.05) is 20.1 Å². The number of likely N-dealkylation sites (N-methyl/N-ethyl adjacent to an activating group) is 1. The molecule has 12 heteroatoms. The third-order valence-electron chi connectivity index (χ3n) is 7.20. The summed E-state index contributed by atoms with van der Waals surface area (Å²) < 4.78 is 38.4. The van der Waals surface area contributed by atoms with Crippen LogP contribution in [0.25, 0.3) is 10.9 Å². The summed E-state index contributed by atoms with van der Waals surface area (Å²) in [7, 11) is 1.44. The zero-order chi connectivity index (χ0) is 29.0. The Morgan fingerprint density at radius 1 is 1.12 bits per heavy atom. The van der Waals surface area contributed by atoms with Gasteiger partial charge in [-0.05, 0) is 67.5 Å². The van der Waals surface area contributed by atoms with E-state index in [-0.39, 0.29) is 29.5 Å². The van der Waals surface area contributed by atoms with Crippen LogP contribution in [0.1, 0.15) is 46.4 Å². The number of piperidine rings is 1. The quantitative estimate of drug-likeness (QED) is 0.412. The highest BCUT2D eigenvalue weighted by atomic mass is 19.4. The zero-order valence-corrected chi connectivity index (χ0v) is 22.1. The summed E-state index contributed by atoms with van der Waals surface area (Å²) in [6, 6.07) is 7.89. The van der Waals surface area contributed by atoms with Gasteiger partial charge in [0.15, 0.2) is 0 Å². The summed E-state index contributed by atoms with van der Waals surface area (Å²) in [5.41, 5.74) is 1.02. The molecule has 0 radical (unpaired) electrons. The van der Waals surface area contributed by atoms with Crippen LogP contribution in [0.5, 0.6) is 0 Å². The van der Waals surface area contributed by atoms with Crippen molar-refractivity contribution in [1.82, 2.24) is 25.5 Å². The molecule has 3 aromatic rings. The van der Waals surface area contributed by atoms with Crippen LogP contribution in [-0.2, 0) is 22.2 Å². The Hall–Kier alpha value is -4.22. The van der Waals surface area contributed by atoms with Gasteiger partial charge in [-0.15, -0.1) is 0 Å². The molecule has 3 N–H and O–H groups in total. The molecule has 0 bridgehead atoms. The van der Waals surface area contributed by atoms with Gasteiger partial charge >= 0.3 is 6.18 Å². The lowest BCUT2D eigenvalue weighted by Gasteiger charge is -2.33. The summed E-state index contributed by atoms with van der Waals surface area (Å²) in [4.78, 5) is 57.9. The number of aromatic nitrogens is 2. The number of pyridine rings is 2. The number of alkyl halides is 3. The van der Waals surface area contributed by atoms with E-state index in [1.54, 1.807) is 11.0 Å². The third-order valence-corrected chi connectivity index (χ3v) is 7.20. The Labute approximate surface area is 228 Å². The lowest BCUT2D eigenvalue weighted by Crippen LogP contribution is -2.48. The molecule has 4 rings (SSSR count). The van der Waals surface area contributed by atoms with Crippen LogP contribution in [0.4, 0.5) is 13.2 Å². The molecule has 212 valence electrons. The average molecular weight is 558 g/mol. The maximum absolute atomic E-state index is 13.0. The van der Waals surface area contributed by atoms with Gasteiger partial charge in [-0.2, -0.15) is 13.2 Å². The number of likely N-dealkylation sites (tertiary alicyclic amines) is 1. The van der Waals surface area contributed by atoms with E-state index in [2.05, 4.69) is 20.6 Å². The molecule has 1 aliphatic rings. The minimum absolute atomic E-state index is 0.0237. The van der Waals surface area contributed by atoms with Crippen molar-refractivity contribution in [1.29, 1.82) is 0 Å². The number of aromatic amines is 1. The molecule has 1 aromatic carbocycles. The third kappa shape index (κ3) is 6.85. The molecule has 0 saturated carbocycles. The molecule has 1 unspecified atom stereocenters. The number of carbonyl (C=O) groups excluding carboxylic acids is 3. The fourth-order valence-electron chi connectivity index (χ4n) is 4.95. The van der Waals surface area contributed by atoms with E-state index in [1.807, 2.05) is 19.1 Å².